The second-order valence-corrected chi connectivity index (χ2v) is 5.29. The summed E-state index contributed by atoms with van der Waals surface area (Å²) >= 11 is 0. The van der Waals surface area contributed by atoms with E-state index in [4.69, 9.17) is 4.74 Å². The lowest BCUT2D eigenvalue weighted by Crippen LogP contribution is -2.31. The predicted molar refractivity (Wildman–Crippen MR) is 86.3 cm³/mol. The Bertz CT molecular complexity index is 691. The van der Waals surface area contributed by atoms with Gasteiger partial charge in [-0.1, -0.05) is 30.3 Å². The average Bonchev–Trinajstić information content (AvgIpc) is 2.53. The molecule has 1 N–H and O–H groups in total. The van der Waals surface area contributed by atoms with Crippen molar-refractivity contribution in [2.24, 2.45) is 0 Å². The molecule has 24 heavy (non-hydrogen) atoms. The summed E-state index contributed by atoms with van der Waals surface area (Å²) in [5.74, 6) is 0.401. The molecule has 0 aromatic heterocycles. The molecule has 0 saturated heterocycles. The fourth-order valence-electron chi connectivity index (χ4n) is 2.19. The van der Waals surface area contributed by atoms with Crippen LogP contribution in [-0.4, -0.2) is 19.1 Å². The van der Waals surface area contributed by atoms with Gasteiger partial charge in [-0.05, 0) is 43.2 Å². The van der Waals surface area contributed by atoms with Gasteiger partial charge in [-0.25, -0.2) is 0 Å². The van der Waals surface area contributed by atoms with E-state index in [1.54, 1.807) is 25.1 Å². The van der Waals surface area contributed by atoms with Crippen LogP contribution in [0.1, 0.15) is 24.1 Å². The summed E-state index contributed by atoms with van der Waals surface area (Å²) < 4.78 is 34.3. The van der Waals surface area contributed by atoms with Gasteiger partial charge in [-0.15, -0.1) is 0 Å². The van der Waals surface area contributed by atoms with Crippen LogP contribution in [0.5, 0.6) is 11.5 Å². The summed E-state index contributed by atoms with van der Waals surface area (Å²) in [6.07, 6.45) is 0. The number of amides is 1. The molecule has 4 nitrogen and oxygen atoms in total. The van der Waals surface area contributed by atoms with Crippen LogP contribution >= 0.6 is 0 Å². The van der Waals surface area contributed by atoms with E-state index in [0.717, 1.165) is 5.56 Å². The Labute approximate surface area is 139 Å². The molecular formula is C18H19F2NO3. The zero-order valence-corrected chi connectivity index (χ0v) is 13.5. The van der Waals surface area contributed by atoms with Gasteiger partial charge in [0.05, 0.1) is 6.04 Å². The van der Waals surface area contributed by atoms with E-state index in [1.165, 1.54) is 12.1 Å². The van der Waals surface area contributed by atoms with Crippen LogP contribution in [0.2, 0.25) is 0 Å². The third kappa shape index (κ3) is 5.22. The van der Waals surface area contributed by atoms with Crippen molar-refractivity contribution >= 4 is 5.91 Å². The van der Waals surface area contributed by atoms with E-state index in [1.807, 2.05) is 25.1 Å². The first-order valence-corrected chi connectivity index (χ1v) is 7.48. The molecule has 1 unspecified atom stereocenters. The molecule has 2 rings (SSSR count). The third-order valence-corrected chi connectivity index (χ3v) is 3.41. The first-order valence-electron chi connectivity index (χ1n) is 7.48. The molecule has 0 radical (unpaired) electrons. The summed E-state index contributed by atoms with van der Waals surface area (Å²) in [5.41, 5.74) is 1.60. The molecule has 0 bridgehead atoms. The van der Waals surface area contributed by atoms with Crippen LogP contribution in [0, 0.1) is 6.92 Å². The Kier molecular flexibility index (Phi) is 6.12. The summed E-state index contributed by atoms with van der Waals surface area (Å²) in [7, 11) is 0. The Balaban J connectivity index is 1.90. The largest absolute Gasteiger partial charge is 0.484 e. The van der Waals surface area contributed by atoms with Crippen molar-refractivity contribution in [1.82, 2.24) is 5.32 Å². The van der Waals surface area contributed by atoms with E-state index < -0.39 is 6.61 Å². The number of alkyl halides is 2. The maximum Gasteiger partial charge on any atom is 0.387 e. The molecule has 0 aliphatic heterocycles. The molecule has 2 aromatic rings. The Morgan fingerprint density at radius 1 is 1.17 bits per heavy atom. The standard InChI is InChI=1S/C18H19F2NO3/c1-12-6-3-4-9-16(12)23-11-17(22)21-13(2)14-7-5-8-15(10-14)24-18(19)20/h3-10,13,18H,11H2,1-2H3,(H,21,22). The molecule has 0 aliphatic carbocycles. The highest BCUT2D eigenvalue weighted by Gasteiger charge is 2.12. The number of ether oxygens (including phenoxy) is 2. The minimum atomic E-state index is -2.88. The van der Waals surface area contributed by atoms with Crippen LogP contribution < -0.4 is 14.8 Å². The number of carbonyl (C=O) groups is 1. The second kappa shape index (κ2) is 8.29. The fraction of sp³-hybridized carbons (Fsp3) is 0.278. The lowest BCUT2D eigenvalue weighted by molar-refractivity contribution is -0.123. The fourth-order valence-corrected chi connectivity index (χ4v) is 2.19. The third-order valence-electron chi connectivity index (χ3n) is 3.41. The molecule has 128 valence electrons. The lowest BCUT2D eigenvalue weighted by atomic mass is 10.1. The zero-order valence-electron chi connectivity index (χ0n) is 13.5. The predicted octanol–water partition coefficient (Wildman–Crippen LogP) is 3.85. The number of rotatable bonds is 7. The Hall–Kier alpha value is -2.63. The Morgan fingerprint density at radius 3 is 2.62 bits per heavy atom. The van der Waals surface area contributed by atoms with Crippen LogP contribution in [0.25, 0.3) is 0 Å². The number of aryl methyl sites for hydroxylation is 1. The van der Waals surface area contributed by atoms with Crippen molar-refractivity contribution in [3.8, 4) is 11.5 Å². The van der Waals surface area contributed by atoms with Crippen molar-refractivity contribution in [2.45, 2.75) is 26.5 Å². The molecule has 2 aromatic carbocycles. The molecule has 0 fully saturated rings. The summed E-state index contributed by atoms with van der Waals surface area (Å²) in [4.78, 5) is 12.0. The monoisotopic (exact) mass is 335 g/mol. The van der Waals surface area contributed by atoms with E-state index in [0.29, 0.717) is 11.3 Å². The highest BCUT2D eigenvalue weighted by Crippen LogP contribution is 2.21. The summed E-state index contributed by atoms with van der Waals surface area (Å²) in [5, 5.41) is 2.76. The molecule has 1 amide bonds. The highest BCUT2D eigenvalue weighted by atomic mass is 19.3. The van der Waals surface area contributed by atoms with E-state index >= 15 is 0 Å². The first-order chi connectivity index (χ1) is 11.5. The van der Waals surface area contributed by atoms with Gasteiger partial charge in [0, 0.05) is 0 Å². The SMILES string of the molecule is Cc1ccccc1OCC(=O)NC(C)c1cccc(OC(F)F)c1. The van der Waals surface area contributed by atoms with Crippen molar-refractivity contribution in [3.63, 3.8) is 0 Å². The van der Waals surface area contributed by atoms with Gasteiger partial charge in [-0.2, -0.15) is 8.78 Å². The van der Waals surface area contributed by atoms with Crippen LogP contribution in [0.3, 0.4) is 0 Å². The highest BCUT2D eigenvalue weighted by molar-refractivity contribution is 5.78. The number of nitrogens with one attached hydrogen (secondary N) is 1. The average molecular weight is 335 g/mol. The van der Waals surface area contributed by atoms with E-state index in [9.17, 15) is 13.6 Å². The topological polar surface area (TPSA) is 47.6 Å². The van der Waals surface area contributed by atoms with Gasteiger partial charge in [0.15, 0.2) is 6.61 Å². The number of halogens is 2. The van der Waals surface area contributed by atoms with E-state index in [-0.39, 0.29) is 24.3 Å². The van der Waals surface area contributed by atoms with Gasteiger partial charge in [-0.3, -0.25) is 4.79 Å². The van der Waals surface area contributed by atoms with Crippen LogP contribution in [0.4, 0.5) is 8.78 Å². The number of hydrogen-bond donors (Lipinski definition) is 1. The Morgan fingerprint density at radius 2 is 1.92 bits per heavy atom. The lowest BCUT2D eigenvalue weighted by Gasteiger charge is -2.16. The van der Waals surface area contributed by atoms with Gasteiger partial charge in [0.25, 0.3) is 5.91 Å². The van der Waals surface area contributed by atoms with Gasteiger partial charge >= 0.3 is 6.61 Å². The van der Waals surface area contributed by atoms with Crippen LogP contribution in [0.15, 0.2) is 48.5 Å². The molecular weight excluding hydrogens is 316 g/mol. The summed E-state index contributed by atoms with van der Waals surface area (Å²) in [6, 6.07) is 13.3. The number of para-hydroxylation sites is 1. The van der Waals surface area contributed by atoms with Crippen molar-refractivity contribution in [3.05, 3.63) is 59.7 Å². The number of carbonyl (C=O) groups excluding carboxylic acids is 1. The van der Waals surface area contributed by atoms with Crippen molar-refractivity contribution in [1.29, 1.82) is 0 Å². The molecule has 0 spiro atoms. The van der Waals surface area contributed by atoms with Gasteiger partial charge < -0.3 is 14.8 Å². The number of hydrogen-bond acceptors (Lipinski definition) is 3. The zero-order chi connectivity index (χ0) is 17.5. The quantitative estimate of drug-likeness (QED) is 0.836. The molecule has 0 heterocycles. The second-order valence-electron chi connectivity index (χ2n) is 5.29. The summed E-state index contributed by atoms with van der Waals surface area (Å²) in [6.45, 7) is 0.646. The smallest absolute Gasteiger partial charge is 0.387 e. The molecule has 1 atom stereocenters. The molecule has 0 aliphatic rings. The van der Waals surface area contributed by atoms with Gasteiger partial charge in [0.1, 0.15) is 11.5 Å². The minimum absolute atomic E-state index is 0.0553. The first kappa shape index (κ1) is 17.7. The normalized spacial score (nSPS) is 11.9. The maximum atomic E-state index is 12.2. The molecule has 6 heteroatoms. The van der Waals surface area contributed by atoms with E-state index in [2.05, 4.69) is 10.1 Å². The number of benzene rings is 2. The van der Waals surface area contributed by atoms with Crippen molar-refractivity contribution in [2.75, 3.05) is 6.61 Å². The maximum absolute atomic E-state index is 12.2. The minimum Gasteiger partial charge on any atom is -0.484 e. The van der Waals surface area contributed by atoms with Crippen molar-refractivity contribution < 1.29 is 23.0 Å². The van der Waals surface area contributed by atoms with Crippen LogP contribution in [-0.2, 0) is 4.79 Å². The molecule has 0 saturated carbocycles. The van der Waals surface area contributed by atoms with Gasteiger partial charge in [0.2, 0.25) is 0 Å².